The molecule has 0 radical (unpaired) electrons. The molecule has 19 heavy (non-hydrogen) atoms. The molecule has 3 unspecified atom stereocenters. The molecule has 10 heteroatoms. The van der Waals surface area contributed by atoms with Crippen LogP contribution in [0.15, 0.2) is 0 Å². The molecule has 0 nitrogen and oxygen atoms in total. The molecule has 0 heterocycles. The van der Waals surface area contributed by atoms with Crippen LogP contribution in [0, 0.1) is 0 Å². The molecule has 0 amide bonds. The highest BCUT2D eigenvalue weighted by Crippen LogP contribution is 2.45. The van der Waals surface area contributed by atoms with Crippen LogP contribution >= 0.6 is 0 Å². The first-order valence-corrected chi connectivity index (χ1v) is 6.98. The van der Waals surface area contributed by atoms with Crippen LogP contribution in [-0.2, 0) is 0 Å². The average Bonchev–Trinajstić information content (AvgIpc) is 2.14. The van der Waals surface area contributed by atoms with E-state index in [2.05, 4.69) is 0 Å². The Labute approximate surface area is 105 Å². The van der Waals surface area contributed by atoms with Crippen LogP contribution in [0.1, 0.15) is 20.8 Å². The zero-order valence-electron chi connectivity index (χ0n) is 10.2. The van der Waals surface area contributed by atoms with Gasteiger partial charge in [0.1, 0.15) is 0 Å². The third-order valence-corrected chi connectivity index (χ3v) is 6.43. The fourth-order valence-electron chi connectivity index (χ4n) is 1.46. The first-order valence-electron chi connectivity index (χ1n) is 5.25. The Balaban J connectivity index is 5.93. The summed E-state index contributed by atoms with van der Waals surface area (Å²) >= 11 is 0. The highest BCUT2D eigenvalue weighted by Gasteiger charge is 2.73. The zero-order chi connectivity index (χ0) is 15.8. The Bertz CT molecular complexity index is 253. The van der Waals surface area contributed by atoms with Gasteiger partial charge in [0.15, 0.2) is 18.5 Å². The fraction of sp³-hybridized carbons (Fsp3) is 1.00. The van der Waals surface area contributed by atoms with E-state index in [1.54, 1.807) is 0 Å². The predicted molar refractivity (Wildman–Crippen MR) is 53.7 cm³/mol. The highest BCUT2D eigenvalue weighted by molar-refractivity contribution is 6.67. The largest absolute Gasteiger partial charge is 0.297 e. The molecule has 0 aliphatic heterocycles. The molecule has 3 atom stereocenters. The van der Waals surface area contributed by atoms with E-state index in [4.69, 9.17) is 0 Å². The van der Waals surface area contributed by atoms with Crippen molar-refractivity contribution in [3.05, 3.63) is 0 Å². The molecule has 0 fully saturated rings. The van der Waals surface area contributed by atoms with Crippen LogP contribution in [0.5, 0.6) is 0 Å². The highest BCUT2D eigenvalue weighted by atomic mass is 28.3. The van der Waals surface area contributed by atoms with E-state index in [1.165, 1.54) is 0 Å². The second kappa shape index (κ2) is 5.53. The van der Waals surface area contributed by atoms with Gasteiger partial charge in [0.25, 0.3) is 25.4 Å². The monoisotopic (exact) mass is 320 g/mol. The van der Waals surface area contributed by atoms with Crippen LogP contribution in [0.25, 0.3) is 0 Å². The van der Waals surface area contributed by atoms with Gasteiger partial charge in [0, 0.05) is 0 Å². The average molecular weight is 320 g/mol. The summed E-state index contributed by atoms with van der Waals surface area (Å²) in [5, 5.41) is 0. The maximum Gasteiger partial charge on any atom is 0.297 e. The van der Waals surface area contributed by atoms with Crippen LogP contribution in [-0.4, -0.2) is 43.9 Å². The maximum absolute atomic E-state index is 13.3. The fourth-order valence-corrected chi connectivity index (χ4v) is 4.38. The van der Waals surface area contributed by atoms with E-state index in [-0.39, 0.29) is 20.8 Å². The van der Waals surface area contributed by atoms with Crippen LogP contribution < -0.4 is 0 Å². The molecule has 0 aliphatic carbocycles. The molecule has 0 aromatic carbocycles. The first kappa shape index (κ1) is 18.6. The predicted octanol–water partition coefficient (Wildman–Crippen LogP) is 3.81. The Morgan fingerprint density at radius 2 is 0.737 bits per heavy atom. The number of hydrogen-bond donors (Lipinski definition) is 0. The quantitative estimate of drug-likeness (QED) is 0.516. The van der Waals surface area contributed by atoms with Crippen LogP contribution in [0.2, 0.25) is 0 Å². The molecule has 0 saturated carbocycles. The minimum atomic E-state index is -6.16. The molecule has 0 rings (SSSR count). The van der Waals surface area contributed by atoms with E-state index in [0.29, 0.717) is 0 Å². The van der Waals surface area contributed by atoms with Gasteiger partial charge < -0.3 is 0 Å². The topological polar surface area (TPSA) is 0 Å². The Hall–Kier alpha value is -0.413. The van der Waals surface area contributed by atoms with Crippen molar-refractivity contribution in [2.24, 2.45) is 0 Å². The maximum atomic E-state index is 13.3. The molecule has 116 valence electrons. The van der Waals surface area contributed by atoms with Crippen molar-refractivity contribution < 1.29 is 39.5 Å². The minimum absolute atomic E-state index is 0.0952. The molecule has 0 aromatic heterocycles. The van der Waals surface area contributed by atoms with Gasteiger partial charge in [0.2, 0.25) is 0 Å². The molecule has 0 N–H and O–H groups in total. The van der Waals surface area contributed by atoms with Crippen LogP contribution in [0.3, 0.4) is 0 Å². The normalized spacial score (nSPS) is 20.8. The SMILES string of the molecule is CC(F)C(F)(F)[SiH](C(F)(F)C(C)F)C(F)(F)C(C)F. The summed E-state index contributed by atoms with van der Waals surface area (Å²) in [4.78, 5) is 0. The second-order valence-corrected chi connectivity index (χ2v) is 7.48. The van der Waals surface area contributed by atoms with E-state index >= 15 is 0 Å². The van der Waals surface area contributed by atoms with Crippen molar-refractivity contribution in [1.82, 2.24) is 0 Å². The molecule has 0 saturated heterocycles. The van der Waals surface area contributed by atoms with Gasteiger partial charge in [-0.1, -0.05) is 0 Å². The van der Waals surface area contributed by atoms with Gasteiger partial charge in [-0.3, -0.25) is 0 Å². The zero-order valence-corrected chi connectivity index (χ0v) is 11.4. The van der Waals surface area contributed by atoms with Crippen molar-refractivity contribution in [3.63, 3.8) is 0 Å². The Kier molecular flexibility index (Phi) is 5.41. The van der Waals surface area contributed by atoms with Crippen molar-refractivity contribution in [2.75, 3.05) is 0 Å². The van der Waals surface area contributed by atoms with Crippen molar-refractivity contribution >= 4 is 8.80 Å². The van der Waals surface area contributed by atoms with E-state index in [0.717, 1.165) is 0 Å². The van der Waals surface area contributed by atoms with E-state index in [1.807, 2.05) is 0 Å². The van der Waals surface area contributed by atoms with E-state index in [9.17, 15) is 39.5 Å². The third kappa shape index (κ3) is 3.37. The van der Waals surface area contributed by atoms with Gasteiger partial charge >= 0.3 is 0 Å². The van der Waals surface area contributed by atoms with Gasteiger partial charge in [-0.25, -0.2) is 39.5 Å². The summed E-state index contributed by atoms with van der Waals surface area (Å²) in [6.07, 6.45) is -10.1. The van der Waals surface area contributed by atoms with E-state index < -0.39 is 43.9 Å². The lowest BCUT2D eigenvalue weighted by molar-refractivity contribution is -0.0843. The Morgan fingerprint density at radius 3 is 0.842 bits per heavy atom. The molecule has 0 aliphatic rings. The first-order chi connectivity index (χ1) is 8.20. The molecule has 0 aromatic rings. The van der Waals surface area contributed by atoms with Crippen molar-refractivity contribution in [2.45, 2.75) is 55.9 Å². The van der Waals surface area contributed by atoms with Crippen molar-refractivity contribution in [3.8, 4) is 0 Å². The van der Waals surface area contributed by atoms with Gasteiger partial charge in [-0.15, -0.1) is 0 Å². The van der Waals surface area contributed by atoms with Gasteiger partial charge in [0.05, 0.1) is 0 Å². The van der Waals surface area contributed by atoms with Crippen molar-refractivity contribution in [1.29, 1.82) is 0 Å². The van der Waals surface area contributed by atoms with Gasteiger partial charge in [-0.2, -0.15) is 0 Å². The van der Waals surface area contributed by atoms with Crippen LogP contribution in [0.4, 0.5) is 39.5 Å². The van der Waals surface area contributed by atoms with Gasteiger partial charge in [-0.05, 0) is 20.8 Å². The summed E-state index contributed by atoms with van der Waals surface area (Å²) in [6, 6.07) is 0. The Morgan fingerprint density at radius 1 is 0.579 bits per heavy atom. The molecular formula is C9H13F9Si. The summed E-state index contributed by atoms with van der Waals surface area (Å²) in [7, 11) is -6.16. The standard InChI is InChI=1S/C9H13F9Si/c1-4(10)7(13,14)19(8(15,16)5(2)11)9(17,18)6(3)12/h4-6,19H,1-3H3. The summed E-state index contributed by atoms with van der Waals surface area (Å²) < 4.78 is 118. The molecule has 0 bridgehead atoms. The summed E-state index contributed by atoms with van der Waals surface area (Å²) in [6.45, 7) is 0.286. The lowest BCUT2D eigenvalue weighted by Crippen LogP contribution is -2.69. The number of hydrogen-bond acceptors (Lipinski definition) is 0. The number of halogens is 9. The lowest BCUT2D eigenvalue weighted by Gasteiger charge is -2.38. The molecule has 0 spiro atoms. The lowest BCUT2D eigenvalue weighted by atomic mass is 10.4. The second-order valence-electron chi connectivity index (χ2n) is 4.30. The molecular weight excluding hydrogens is 307 g/mol. The number of alkyl halides is 9. The summed E-state index contributed by atoms with van der Waals surface area (Å²) in [5.74, 6) is 0. The third-order valence-electron chi connectivity index (χ3n) is 2.75. The summed E-state index contributed by atoms with van der Waals surface area (Å²) in [5.41, 5.74) is -15.5. The smallest absolute Gasteiger partial charge is 0.242 e. The number of rotatable bonds is 6. The minimum Gasteiger partial charge on any atom is -0.242 e.